The van der Waals surface area contributed by atoms with Crippen LogP contribution in [0.3, 0.4) is 0 Å². The van der Waals surface area contributed by atoms with E-state index in [9.17, 15) is 45.0 Å². The number of primary amides is 1. The van der Waals surface area contributed by atoms with Gasteiger partial charge in [-0.05, 0) is 67.3 Å². The Morgan fingerprint density at radius 1 is 0.582 bits per heavy atom. The Morgan fingerprint density at radius 2 is 1.05 bits per heavy atom. The zero-order valence-electron chi connectivity index (χ0n) is 44.4. The van der Waals surface area contributed by atoms with E-state index in [0.717, 1.165) is 41.5 Å². The number of esters is 1. The molecule has 2 amide bonds. The van der Waals surface area contributed by atoms with Gasteiger partial charge in [0.25, 0.3) is 0 Å². The highest BCUT2D eigenvalue weighted by atomic mass is 16.7. The number of hydrogen-bond acceptors (Lipinski definition) is 17. The summed E-state index contributed by atoms with van der Waals surface area (Å²) in [5, 5.41) is 71.2. The van der Waals surface area contributed by atoms with Crippen LogP contribution in [0.1, 0.15) is 71.6 Å². The average molecular weight is 1090 g/mol. The van der Waals surface area contributed by atoms with E-state index in [1.54, 1.807) is 58.3 Å². The molecule has 2 aliphatic heterocycles. The molecule has 11 atom stereocenters. The lowest BCUT2D eigenvalue weighted by Gasteiger charge is -2.40. The molecule has 2 aliphatic rings. The van der Waals surface area contributed by atoms with Gasteiger partial charge in [-0.1, -0.05) is 146 Å². The van der Waals surface area contributed by atoms with Crippen LogP contribution in [0, 0.1) is 0 Å². The van der Waals surface area contributed by atoms with E-state index in [-0.39, 0.29) is 72.0 Å². The number of aliphatic hydroxyl groups excluding tert-OH is 6. The van der Waals surface area contributed by atoms with E-state index in [0.29, 0.717) is 24.1 Å². The number of carbonyl (C=O) groups excluding carboxylic acids is 3. The zero-order valence-corrected chi connectivity index (χ0v) is 44.4. The number of ether oxygens (including phenoxy) is 6. The van der Waals surface area contributed by atoms with Gasteiger partial charge in [-0.2, -0.15) is 0 Å². The molecule has 19 heteroatoms. The fourth-order valence-corrected chi connectivity index (χ4v) is 9.62. The van der Waals surface area contributed by atoms with Gasteiger partial charge < -0.3 is 70.1 Å². The highest BCUT2D eigenvalue weighted by molar-refractivity contribution is 5.81. The largest absolute Gasteiger partial charge is 0.460 e. The normalized spacial score (nSPS) is 21.4. The van der Waals surface area contributed by atoms with Crippen LogP contribution in [0.25, 0.3) is 0 Å². The maximum atomic E-state index is 13.6. The lowest BCUT2D eigenvalue weighted by atomic mass is 9.99. The predicted molar refractivity (Wildman–Crippen MR) is 290 cm³/mol. The molecule has 5 aromatic rings. The van der Waals surface area contributed by atoms with Crippen LogP contribution >= 0.6 is 0 Å². The molecule has 0 bridgehead atoms. The third-order valence-electron chi connectivity index (χ3n) is 14.0. The van der Waals surface area contributed by atoms with Crippen molar-refractivity contribution < 1.29 is 73.4 Å². The number of unbranched alkanes of at least 4 members (excludes halogenated alkanes) is 1. The fraction of sp³-hybridized carbons (Fsp3) is 0.450. The molecule has 2 unspecified atom stereocenters. The molecule has 0 spiro atoms. The third-order valence-corrected chi connectivity index (χ3v) is 14.0. The van der Waals surface area contributed by atoms with Crippen molar-refractivity contribution in [3.63, 3.8) is 0 Å². The van der Waals surface area contributed by atoms with Crippen molar-refractivity contribution >= 4 is 18.0 Å². The number of nitrogens with two attached hydrogens (primary N) is 1. The molecular formula is C60H76N4O15. The number of aryl methyl sites for hydroxylation is 2. The van der Waals surface area contributed by atoms with Crippen LogP contribution in [0.5, 0.6) is 0 Å². The third kappa shape index (κ3) is 19.3. The predicted octanol–water partition coefficient (Wildman–Crippen LogP) is 3.85. The van der Waals surface area contributed by atoms with Crippen LogP contribution in [0.2, 0.25) is 0 Å². The van der Waals surface area contributed by atoms with Gasteiger partial charge in [0.2, 0.25) is 5.91 Å². The van der Waals surface area contributed by atoms with Crippen molar-refractivity contribution in [3.8, 4) is 0 Å². The summed E-state index contributed by atoms with van der Waals surface area (Å²) in [6, 6.07) is 43.6. The van der Waals surface area contributed by atoms with Crippen LogP contribution in [-0.4, -0.2) is 166 Å². The Morgan fingerprint density at radius 3 is 1.54 bits per heavy atom. The first-order valence-electron chi connectivity index (χ1n) is 27.0. The van der Waals surface area contributed by atoms with E-state index in [2.05, 4.69) is 5.32 Å². The minimum atomic E-state index is -1.66. The van der Waals surface area contributed by atoms with Crippen molar-refractivity contribution in [1.82, 2.24) is 15.1 Å². The number of nitrogens with zero attached hydrogens (tertiary/aromatic N) is 2. The summed E-state index contributed by atoms with van der Waals surface area (Å²) in [5.41, 5.74) is 11.1. The molecular weight excluding hydrogens is 1020 g/mol. The van der Waals surface area contributed by atoms with E-state index < -0.39 is 85.4 Å². The molecule has 2 fully saturated rings. The number of carbonyl (C=O) groups is 3. The summed E-state index contributed by atoms with van der Waals surface area (Å²) < 4.78 is 34.4. The molecule has 0 radical (unpaired) electrons. The molecule has 0 aromatic heterocycles. The minimum Gasteiger partial charge on any atom is -0.460 e. The van der Waals surface area contributed by atoms with Crippen molar-refractivity contribution in [2.45, 2.75) is 119 Å². The quantitative estimate of drug-likeness (QED) is 0.0240. The second kappa shape index (κ2) is 31.6. The van der Waals surface area contributed by atoms with Gasteiger partial charge in [0.05, 0.1) is 38.0 Å². The first kappa shape index (κ1) is 60.5. The first-order chi connectivity index (χ1) is 38.3. The number of amides is 2. The Labute approximate surface area is 461 Å². The zero-order chi connectivity index (χ0) is 55.9. The summed E-state index contributed by atoms with van der Waals surface area (Å²) >= 11 is 0. The Bertz CT molecular complexity index is 2480. The molecule has 0 aliphatic carbocycles. The molecule has 0 saturated carbocycles. The lowest BCUT2D eigenvalue weighted by molar-refractivity contribution is -0.285. The fourth-order valence-electron chi connectivity index (χ4n) is 9.62. The van der Waals surface area contributed by atoms with Crippen LogP contribution in [-0.2, 0) is 64.1 Å². The number of alkyl carbamates (subject to hydrolysis) is 1. The van der Waals surface area contributed by atoms with Gasteiger partial charge in [0, 0.05) is 37.3 Å². The minimum absolute atomic E-state index is 0.00235. The molecule has 19 nitrogen and oxygen atoms in total. The van der Waals surface area contributed by atoms with E-state index >= 15 is 0 Å². The van der Waals surface area contributed by atoms with Gasteiger partial charge in [0.1, 0.15) is 49.8 Å². The van der Waals surface area contributed by atoms with Gasteiger partial charge in [0.15, 0.2) is 12.6 Å². The smallest absolute Gasteiger partial charge is 0.407 e. The number of aliphatic hydroxyl groups is 6. The number of hydrogen-bond donors (Lipinski definition) is 8. The molecule has 7 rings (SSSR count). The van der Waals surface area contributed by atoms with Crippen molar-refractivity contribution in [2.24, 2.45) is 5.73 Å². The second-order valence-corrected chi connectivity index (χ2v) is 20.1. The van der Waals surface area contributed by atoms with E-state index in [4.69, 9.17) is 34.2 Å². The summed E-state index contributed by atoms with van der Waals surface area (Å²) in [4.78, 5) is 42.3. The molecule has 5 aromatic carbocycles. The van der Waals surface area contributed by atoms with Crippen LogP contribution in [0.15, 0.2) is 146 Å². The lowest BCUT2D eigenvalue weighted by Crippen LogP contribution is -2.56. The Hall–Kier alpha value is -6.17. The van der Waals surface area contributed by atoms with E-state index in [1.165, 1.54) is 0 Å². The molecule has 9 N–H and O–H groups in total. The second-order valence-electron chi connectivity index (χ2n) is 20.1. The SMILES string of the molecule is NC(=O)C(CCc1ccc(CCCCNC(=O)OCc2ccccc2)cc1)N(CCCN(C[C@H](O)[C@@H](O)[C@@H]1OC(c2ccccc2)OC[C@H]1O)C[C@H](O)[C@@H](O)[C@@H]1O[C@@H](c2ccccc2)OC[C@H]1O)CC(=O)OCc1ccccc1. The van der Waals surface area contributed by atoms with Gasteiger partial charge in [-0.3, -0.25) is 19.4 Å². The highest BCUT2D eigenvalue weighted by Crippen LogP contribution is 2.31. The Balaban J connectivity index is 1.00. The van der Waals surface area contributed by atoms with Crippen molar-refractivity contribution in [2.75, 3.05) is 52.5 Å². The average Bonchev–Trinajstić information content (AvgIpc) is 3.47. The molecule has 79 heavy (non-hydrogen) atoms. The van der Waals surface area contributed by atoms with Crippen molar-refractivity contribution in [3.05, 3.63) is 179 Å². The summed E-state index contributed by atoms with van der Waals surface area (Å²) in [6.45, 7) is -0.456. The topological polar surface area (TPSA) is 272 Å². The highest BCUT2D eigenvalue weighted by Gasteiger charge is 2.42. The number of rotatable bonds is 30. The van der Waals surface area contributed by atoms with E-state index in [1.807, 2.05) is 97.1 Å². The summed E-state index contributed by atoms with van der Waals surface area (Å²) in [6.07, 6.45) is -10.7. The summed E-state index contributed by atoms with van der Waals surface area (Å²) in [5.74, 6) is -1.26. The molecule has 2 saturated heterocycles. The maximum Gasteiger partial charge on any atom is 0.407 e. The number of benzene rings is 5. The molecule has 2 heterocycles. The Kier molecular flexibility index (Phi) is 24.2. The maximum absolute atomic E-state index is 13.6. The standard InChI is InChI=1S/C60H76N4O15/c61-57(72)47(30-29-42-27-25-41(26-28-42)16-13-14-31-62-60(73)77-38-44-19-7-2-8-20-44)64(36-52(69)74-37-43-17-5-1-6-18-43)33-15-32-63(34-48(65)53(70)55-50(67)39-75-58(78-55)45-21-9-3-10-22-45)35-49(66)54(71)56-51(68)40-76-59(79-56)46-23-11-4-12-24-46/h1-12,17-28,47-51,53-56,58-59,65-68,70-71H,13-16,29-40H2,(H2,61,72)(H,62,73)/t47?,48-,49-,50+,51+,53+,54+,55+,56+,58-,59?/m0/s1. The van der Waals surface area contributed by atoms with Gasteiger partial charge >= 0.3 is 12.1 Å². The number of nitrogens with one attached hydrogen (secondary N) is 1. The van der Waals surface area contributed by atoms with Crippen LogP contribution < -0.4 is 11.1 Å². The van der Waals surface area contributed by atoms with Gasteiger partial charge in [-0.15, -0.1) is 0 Å². The van der Waals surface area contributed by atoms with Crippen LogP contribution in [0.4, 0.5) is 4.79 Å². The monoisotopic (exact) mass is 1090 g/mol. The summed E-state index contributed by atoms with van der Waals surface area (Å²) in [7, 11) is 0. The van der Waals surface area contributed by atoms with Gasteiger partial charge in [-0.25, -0.2) is 4.79 Å². The first-order valence-corrected chi connectivity index (χ1v) is 27.0. The van der Waals surface area contributed by atoms with Crippen molar-refractivity contribution in [1.29, 1.82) is 0 Å². The molecule has 426 valence electrons.